The minimum atomic E-state index is -0.846. The van der Waals surface area contributed by atoms with Crippen LogP contribution in [-0.4, -0.2) is 29.1 Å². The predicted octanol–water partition coefficient (Wildman–Crippen LogP) is 5.55. The van der Waals surface area contributed by atoms with Crippen molar-refractivity contribution in [2.45, 2.75) is 59.2 Å². The molecule has 0 aromatic heterocycles. The number of hydrogen-bond acceptors (Lipinski definition) is 6. The summed E-state index contributed by atoms with van der Waals surface area (Å²) in [5.41, 5.74) is 3.33. The summed E-state index contributed by atoms with van der Waals surface area (Å²) in [6.07, 6.45) is -0.150. The largest absolute Gasteiger partial charge is 0.419 e. The Bertz CT molecular complexity index is 1150. The van der Waals surface area contributed by atoms with Gasteiger partial charge in [-0.3, -0.25) is 0 Å². The van der Waals surface area contributed by atoms with Gasteiger partial charge in [-0.05, 0) is 62.2 Å². The van der Waals surface area contributed by atoms with Crippen LogP contribution in [0.4, 0.5) is 0 Å². The molecule has 35 heavy (non-hydrogen) atoms. The minimum Gasteiger partial charge on any atom is -0.419 e. The summed E-state index contributed by atoms with van der Waals surface area (Å²) >= 11 is 0. The van der Waals surface area contributed by atoms with Gasteiger partial charge in [0, 0.05) is 12.1 Å². The summed E-state index contributed by atoms with van der Waals surface area (Å²) in [4.78, 5) is 25.6. The highest BCUT2D eigenvalue weighted by Crippen LogP contribution is 2.33. The summed E-state index contributed by atoms with van der Waals surface area (Å²) < 4.78 is 11.3. The van der Waals surface area contributed by atoms with Crippen LogP contribution in [0.5, 0.6) is 11.5 Å². The summed E-state index contributed by atoms with van der Waals surface area (Å²) in [5.74, 6) is -1.00. The van der Waals surface area contributed by atoms with Crippen LogP contribution in [0, 0.1) is 13.8 Å². The van der Waals surface area contributed by atoms with Crippen molar-refractivity contribution in [3.8, 4) is 11.5 Å². The van der Waals surface area contributed by atoms with Crippen LogP contribution in [0.1, 0.15) is 70.7 Å². The monoisotopic (exact) mass is 475 g/mol. The van der Waals surface area contributed by atoms with E-state index in [-0.39, 0.29) is 23.6 Å². The number of ether oxygens (including phenoxy) is 2. The van der Waals surface area contributed by atoms with Crippen molar-refractivity contribution < 1.29 is 24.2 Å². The average molecular weight is 476 g/mol. The number of nitrogens with one attached hydrogen (secondary N) is 1. The topological polar surface area (TPSA) is 84.9 Å². The van der Waals surface area contributed by atoms with Gasteiger partial charge in [0.25, 0.3) is 0 Å². The molecule has 6 nitrogen and oxygen atoms in total. The van der Waals surface area contributed by atoms with Crippen LogP contribution < -0.4 is 14.8 Å². The molecule has 0 aliphatic heterocycles. The molecule has 184 valence electrons. The van der Waals surface area contributed by atoms with E-state index in [1.807, 2.05) is 58.9 Å². The second-order valence-corrected chi connectivity index (χ2v) is 9.00. The standard InChI is InChI=1S/C29H33NO5/c1-6-24(30-18(2)3)27(31)23-15-16-25(34-28(32)21-11-7-19(4)8-12-21)26(17-23)35-29(33)22-13-9-20(5)10-14-22/h7-18,24,27,30-31H,6H2,1-5H3. The first-order valence-electron chi connectivity index (χ1n) is 11.8. The smallest absolute Gasteiger partial charge is 0.343 e. The van der Waals surface area contributed by atoms with Gasteiger partial charge in [-0.2, -0.15) is 0 Å². The lowest BCUT2D eigenvalue weighted by Gasteiger charge is -2.26. The third-order valence-corrected chi connectivity index (χ3v) is 5.66. The molecule has 0 bridgehead atoms. The molecule has 0 spiro atoms. The number of rotatable bonds is 9. The highest BCUT2D eigenvalue weighted by Gasteiger charge is 2.23. The van der Waals surface area contributed by atoms with Crippen molar-refractivity contribution in [1.29, 1.82) is 0 Å². The summed E-state index contributed by atoms with van der Waals surface area (Å²) in [6.45, 7) is 9.87. The first kappa shape index (κ1) is 26.1. The molecule has 0 saturated heterocycles. The zero-order chi connectivity index (χ0) is 25.5. The molecule has 6 heteroatoms. The highest BCUT2D eigenvalue weighted by molar-refractivity contribution is 5.93. The maximum absolute atomic E-state index is 12.8. The van der Waals surface area contributed by atoms with E-state index in [0.717, 1.165) is 11.1 Å². The number of aliphatic hydroxyl groups excluding tert-OH is 1. The van der Waals surface area contributed by atoms with E-state index in [2.05, 4.69) is 5.32 Å². The summed E-state index contributed by atoms with van der Waals surface area (Å²) in [7, 11) is 0. The predicted molar refractivity (Wildman–Crippen MR) is 136 cm³/mol. The number of carbonyl (C=O) groups excluding carboxylic acids is 2. The van der Waals surface area contributed by atoms with Gasteiger partial charge >= 0.3 is 11.9 Å². The van der Waals surface area contributed by atoms with Crippen LogP contribution in [0.15, 0.2) is 66.7 Å². The number of carbonyl (C=O) groups is 2. The normalized spacial score (nSPS) is 12.8. The van der Waals surface area contributed by atoms with Gasteiger partial charge < -0.3 is 19.9 Å². The first-order valence-corrected chi connectivity index (χ1v) is 11.8. The van der Waals surface area contributed by atoms with E-state index in [1.165, 1.54) is 0 Å². The van der Waals surface area contributed by atoms with Crippen molar-refractivity contribution in [1.82, 2.24) is 5.32 Å². The summed E-state index contributed by atoms with van der Waals surface area (Å²) in [5, 5.41) is 14.4. The molecule has 0 aliphatic carbocycles. The lowest BCUT2D eigenvalue weighted by Crippen LogP contribution is -2.38. The van der Waals surface area contributed by atoms with Gasteiger partial charge in [-0.1, -0.05) is 62.2 Å². The lowest BCUT2D eigenvalue weighted by atomic mass is 9.99. The molecule has 3 rings (SSSR count). The maximum atomic E-state index is 12.8. The molecule has 3 aromatic rings. The van der Waals surface area contributed by atoms with E-state index < -0.39 is 18.0 Å². The third-order valence-electron chi connectivity index (χ3n) is 5.66. The van der Waals surface area contributed by atoms with Crippen LogP contribution in [0.25, 0.3) is 0 Å². The van der Waals surface area contributed by atoms with Crippen LogP contribution in [0.3, 0.4) is 0 Å². The quantitative estimate of drug-likeness (QED) is 0.312. The van der Waals surface area contributed by atoms with Gasteiger partial charge in [0.05, 0.1) is 17.2 Å². The fourth-order valence-corrected chi connectivity index (χ4v) is 3.66. The Morgan fingerprint density at radius 2 is 1.29 bits per heavy atom. The molecular weight excluding hydrogens is 442 g/mol. The minimum absolute atomic E-state index is 0.0620. The van der Waals surface area contributed by atoms with Crippen molar-refractivity contribution >= 4 is 11.9 Å². The third kappa shape index (κ3) is 7.01. The van der Waals surface area contributed by atoms with E-state index >= 15 is 0 Å². The fraction of sp³-hybridized carbons (Fsp3) is 0.310. The van der Waals surface area contributed by atoms with E-state index in [9.17, 15) is 14.7 Å². The molecule has 0 saturated carbocycles. The average Bonchev–Trinajstić information content (AvgIpc) is 2.83. The molecule has 0 fully saturated rings. The van der Waals surface area contributed by atoms with Crippen LogP contribution in [0.2, 0.25) is 0 Å². The fourth-order valence-electron chi connectivity index (χ4n) is 3.66. The Kier molecular flexibility index (Phi) is 8.79. The highest BCUT2D eigenvalue weighted by atomic mass is 16.6. The number of aryl methyl sites for hydroxylation is 2. The van der Waals surface area contributed by atoms with Crippen LogP contribution >= 0.6 is 0 Å². The van der Waals surface area contributed by atoms with Gasteiger partial charge in [0.2, 0.25) is 0 Å². The Morgan fingerprint density at radius 3 is 1.74 bits per heavy atom. The Hall–Kier alpha value is -3.48. The molecular formula is C29H33NO5. The lowest BCUT2D eigenvalue weighted by molar-refractivity contribution is 0.0681. The molecule has 0 radical (unpaired) electrons. The Balaban J connectivity index is 1.93. The van der Waals surface area contributed by atoms with E-state index in [1.54, 1.807) is 42.5 Å². The first-order chi connectivity index (χ1) is 16.7. The zero-order valence-corrected chi connectivity index (χ0v) is 20.9. The van der Waals surface area contributed by atoms with Crippen molar-refractivity contribution in [2.24, 2.45) is 0 Å². The van der Waals surface area contributed by atoms with Crippen LogP contribution in [-0.2, 0) is 0 Å². The zero-order valence-electron chi connectivity index (χ0n) is 20.9. The SMILES string of the molecule is CCC(NC(C)C)C(O)c1ccc(OC(=O)c2ccc(C)cc2)c(OC(=O)c2ccc(C)cc2)c1. The molecule has 2 N–H and O–H groups in total. The molecule has 3 aromatic carbocycles. The second-order valence-electron chi connectivity index (χ2n) is 9.00. The van der Waals surface area contributed by atoms with Gasteiger partial charge in [-0.25, -0.2) is 9.59 Å². The van der Waals surface area contributed by atoms with E-state index in [0.29, 0.717) is 23.1 Å². The molecule has 0 heterocycles. The van der Waals surface area contributed by atoms with Gasteiger partial charge in [0.15, 0.2) is 11.5 Å². The van der Waals surface area contributed by atoms with E-state index in [4.69, 9.17) is 9.47 Å². The van der Waals surface area contributed by atoms with Crippen molar-refractivity contribution in [3.63, 3.8) is 0 Å². The molecule has 0 aliphatic rings. The Morgan fingerprint density at radius 1 is 0.800 bits per heavy atom. The number of hydrogen-bond donors (Lipinski definition) is 2. The number of esters is 2. The molecule has 2 atom stereocenters. The Labute approximate surface area is 206 Å². The second kappa shape index (κ2) is 11.8. The maximum Gasteiger partial charge on any atom is 0.343 e. The van der Waals surface area contributed by atoms with Crippen molar-refractivity contribution in [3.05, 3.63) is 94.5 Å². The van der Waals surface area contributed by atoms with Crippen molar-refractivity contribution in [2.75, 3.05) is 0 Å². The number of benzene rings is 3. The molecule has 2 unspecified atom stereocenters. The molecule has 0 amide bonds. The van der Waals surface area contributed by atoms with Gasteiger partial charge in [-0.15, -0.1) is 0 Å². The van der Waals surface area contributed by atoms with Gasteiger partial charge in [0.1, 0.15) is 0 Å². The summed E-state index contributed by atoms with van der Waals surface area (Å²) in [6, 6.07) is 18.7. The number of aliphatic hydroxyl groups is 1.